The van der Waals surface area contributed by atoms with Crippen LogP contribution in [0.4, 0.5) is 13.2 Å². The van der Waals surface area contributed by atoms with Gasteiger partial charge in [-0.05, 0) is 25.0 Å². The van der Waals surface area contributed by atoms with Crippen LogP contribution in [0.1, 0.15) is 18.4 Å². The number of ether oxygens (including phenoxy) is 1. The van der Waals surface area contributed by atoms with E-state index in [-0.39, 0.29) is 16.3 Å². The predicted molar refractivity (Wildman–Crippen MR) is 63.9 cm³/mol. The molecular formula is C11H11ClF3NOS. The fourth-order valence-electron chi connectivity index (χ4n) is 1.66. The molecule has 0 bridgehead atoms. The van der Waals surface area contributed by atoms with Gasteiger partial charge in [-0.1, -0.05) is 11.6 Å². The van der Waals surface area contributed by atoms with Crippen LogP contribution in [-0.2, 0) is 10.9 Å². The minimum atomic E-state index is -4.40. The molecule has 1 atom stereocenters. The topological polar surface area (TPSA) is 22.1 Å². The predicted octanol–water partition coefficient (Wildman–Crippen LogP) is 4.02. The first kappa shape index (κ1) is 14.0. The molecule has 1 unspecified atom stereocenters. The van der Waals surface area contributed by atoms with Crippen molar-refractivity contribution >= 4 is 23.4 Å². The van der Waals surface area contributed by atoms with Crippen LogP contribution in [0.3, 0.4) is 0 Å². The molecule has 1 aromatic rings. The van der Waals surface area contributed by atoms with Crippen LogP contribution in [0.15, 0.2) is 17.2 Å². The zero-order valence-electron chi connectivity index (χ0n) is 9.34. The van der Waals surface area contributed by atoms with Gasteiger partial charge in [0.1, 0.15) is 5.15 Å². The average Bonchev–Trinajstić information content (AvgIpc) is 2.77. The lowest BCUT2D eigenvalue weighted by atomic mass is 10.3. The maximum absolute atomic E-state index is 12.6. The first-order valence-corrected chi connectivity index (χ1v) is 6.81. The van der Waals surface area contributed by atoms with Gasteiger partial charge < -0.3 is 4.74 Å². The Morgan fingerprint density at radius 3 is 2.83 bits per heavy atom. The van der Waals surface area contributed by atoms with Gasteiger partial charge in [-0.25, -0.2) is 4.98 Å². The second-order valence-electron chi connectivity index (χ2n) is 3.96. The number of thioether (sulfide) groups is 1. The van der Waals surface area contributed by atoms with Gasteiger partial charge >= 0.3 is 6.18 Å². The van der Waals surface area contributed by atoms with E-state index in [0.717, 1.165) is 31.6 Å². The Morgan fingerprint density at radius 2 is 2.22 bits per heavy atom. The fourth-order valence-corrected chi connectivity index (χ4v) is 2.92. The van der Waals surface area contributed by atoms with Gasteiger partial charge in [-0.2, -0.15) is 13.2 Å². The highest BCUT2D eigenvalue weighted by atomic mass is 35.5. The van der Waals surface area contributed by atoms with E-state index >= 15 is 0 Å². The first-order chi connectivity index (χ1) is 8.45. The summed E-state index contributed by atoms with van der Waals surface area (Å²) in [5.74, 6) is 0.602. The summed E-state index contributed by atoms with van der Waals surface area (Å²) >= 11 is 6.84. The number of hydrogen-bond acceptors (Lipinski definition) is 3. The molecule has 0 radical (unpaired) electrons. The lowest BCUT2D eigenvalue weighted by molar-refractivity contribution is -0.137. The van der Waals surface area contributed by atoms with Crippen LogP contribution >= 0.6 is 23.4 Å². The summed E-state index contributed by atoms with van der Waals surface area (Å²) in [6.07, 6.45) is -2.35. The maximum atomic E-state index is 12.6. The van der Waals surface area contributed by atoms with Gasteiger partial charge in [0.15, 0.2) is 0 Å². The highest BCUT2D eigenvalue weighted by Crippen LogP contribution is 2.33. The van der Waals surface area contributed by atoms with Crippen molar-refractivity contribution in [1.29, 1.82) is 0 Å². The van der Waals surface area contributed by atoms with E-state index in [0.29, 0.717) is 5.75 Å². The summed E-state index contributed by atoms with van der Waals surface area (Å²) in [7, 11) is 0. The van der Waals surface area contributed by atoms with Gasteiger partial charge in [0.05, 0.1) is 16.7 Å². The number of hydrogen-bond donors (Lipinski definition) is 0. The van der Waals surface area contributed by atoms with E-state index in [4.69, 9.17) is 16.3 Å². The highest BCUT2D eigenvalue weighted by Gasteiger charge is 2.31. The zero-order valence-corrected chi connectivity index (χ0v) is 10.9. The molecule has 1 fully saturated rings. The number of nitrogens with zero attached hydrogens (tertiary/aromatic N) is 1. The van der Waals surface area contributed by atoms with Gasteiger partial charge in [-0.3, -0.25) is 0 Å². The molecule has 0 saturated carbocycles. The van der Waals surface area contributed by atoms with E-state index in [9.17, 15) is 13.2 Å². The quantitative estimate of drug-likeness (QED) is 0.621. The average molecular weight is 298 g/mol. The molecule has 0 aliphatic carbocycles. The SMILES string of the molecule is FC(F)(F)c1cc(Cl)nc(SCC2CCCO2)c1. The normalized spacial score (nSPS) is 20.3. The molecule has 0 spiro atoms. The van der Waals surface area contributed by atoms with Crippen molar-refractivity contribution in [3.8, 4) is 0 Å². The number of pyridine rings is 1. The summed E-state index contributed by atoms with van der Waals surface area (Å²) < 4.78 is 43.1. The fraction of sp³-hybridized carbons (Fsp3) is 0.545. The minimum absolute atomic E-state index is 0.102. The lowest BCUT2D eigenvalue weighted by Crippen LogP contribution is -2.09. The molecule has 2 rings (SSSR count). The Hall–Kier alpha value is -0.460. The van der Waals surface area contributed by atoms with Crippen LogP contribution in [0, 0.1) is 0 Å². The van der Waals surface area contributed by atoms with Crippen LogP contribution in [0.5, 0.6) is 0 Å². The summed E-state index contributed by atoms with van der Waals surface area (Å²) in [5, 5.41) is 0.144. The van der Waals surface area contributed by atoms with E-state index in [2.05, 4.69) is 4.98 Å². The van der Waals surface area contributed by atoms with Crippen LogP contribution < -0.4 is 0 Å². The molecule has 1 aromatic heterocycles. The van der Waals surface area contributed by atoms with E-state index in [1.165, 1.54) is 11.8 Å². The summed E-state index contributed by atoms with van der Waals surface area (Å²) in [6, 6.07) is 1.85. The standard InChI is InChI=1S/C11H11ClF3NOS/c12-9-4-7(11(13,14)15)5-10(16-9)18-6-8-2-1-3-17-8/h4-5,8H,1-3,6H2. The molecule has 0 aromatic carbocycles. The van der Waals surface area contributed by atoms with Crippen molar-refractivity contribution in [2.75, 3.05) is 12.4 Å². The number of aromatic nitrogens is 1. The Bertz CT molecular complexity index is 421. The molecule has 2 heterocycles. The number of rotatable bonds is 3. The third-order valence-corrected chi connectivity index (χ3v) is 3.78. The highest BCUT2D eigenvalue weighted by molar-refractivity contribution is 7.99. The first-order valence-electron chi connectivity index (χ1n) is 5.44. The van der Waals surface area contributed by atoms with Crippen molar-refractivity contribution in [1.82, 2.24) is 4.98 Å². The molecular weight excluding hydrogens is 287 g/mol. The van der Waals surface area contributed by atoms with Crippen LogP contribution in [-0.4, -0.2) is 23.4 Å². The lowest BCUT2D eigenvalue weighted by Gasteiger charge is -2.11. The van der Waals surface area contributed by atoms with Crippen molar-refractivity contribution in [2.24, 2.45) is 0 Å². The van der Waals surface area contributed by atoms with Gasteiger partial charge in [0.2, 0.25) is 0 Å². The summed E-state index contributed by atoms with van der Waals surface area (Å²) in [6.45, 7) is 0.724. The molecule has 7 heteroatoms. The van der Waals surface area contributed by atoms with Crippen molar-refractivity contribution in [3.05, 3.63) is 22.8 Å². The minimum Gasteiger partial charge on any atom is -0.377 e. The van der Waals surface area contributed by atoms with E-state index in [1.807, 2.05) is 0 Å². The van der Waals surface area contributed by atoms with Gasteiger partial charge in [0.25, 0.3) is 0 Å². The van der Waals surface area contributed by atoms with Crippen LogP contribution in [0.2, 0.25) is 5.15 Å². The van der Waals surface area contributed by atoms with Crippen LogP contribution in [0.25, 0.3) is 0 Å². The summed E-state index contributed by atoms with van der Waals surface area (Å²) in [4.78, 5) is 3.88. The number of halogens is 4. The molecule has 1 aliphatic heterocycles. The summed E-state index contributed by atoms with van der Waals surface area (Å²) in [5.41, 5.74) is -0.766. The number of alkyl halides is 3. The molecule has 0 amide bonds. The second-order valence-corrected chi connectivity index (χ2v) is 5.39. The largest absolute Gasteiger partial charge is 0.416 e. The molecule has 18 heavy (non-hydrogen) atoms. The smallest absolute Gasteiger partial charge is 0.377 e. The van der Waals surface area contributed by atoms with Crippen molar-refractivity contribution in [2.45, 2.75) is 30.1 Å². The molecule has 2 nitrogen and oxygen atoms in total. The molecule has 1 aliphatic rings. The third-order valence-electron chi connectivity index (χ3n) is 2.54. The van der Waals surface area contributed by atoms with Crippen molar-refractivity contribution < 1.29 is 17.9 Å². The Balaban J connectivity index is 2.05. The monoisotopic (exact) mass is 297 g/mol. The third kappa shape index (κ3) is 3.76. The van der Waals surface area contributed by atoms with E-state index in [1.54, 1.807) is 0 Å². The van der Waals surface area contributed by atoms with Gasteiger partial charge in [-0.15, -0.1) is 11.8 Å². The Morgan fingerprint density at radius 1 is 1.44 bits per heavy atom. The second kappa shape index (κ2) is 5.67. The van der Waals surface area contributed by atoms with Gasteiger partial charge in [0, 0.05) is 12.4 Å². The maximum Gasteiger partial charge on any atom is 0.416 e. The van der Waals surface area contributed by atoms with Crippen molar-refractivity contribution in [3.63, 3.8) is 0 Å². The molecule has 1 saturated heterocycles. The van der Waals surface area contributed by atoms with E-state index < -0.39 is 11.7 Å². The molecule has 100 valence electrons. The zero-order chi connectivity index (χ0) is 13.2. The Kier molecular flexibility index (Phi) is 4.40. The Labute approximate surface area is 112 Å². The molecule has 0 N–H and O–H groups in total.